The monoisotopic (exact) mass is 232 g/mol. The molecule has 0 spiro atoms. The average Bonchev–Trinajstić information content (AvgIpc) is 2.68. The van der Waals surface area contributed by atoms with Crippen LogP contribution in [0.5, 0.6) is 5.75 Å². The number of aryl methyl sites for hydroxylation is 2. The number of benzene rings is 1. The van der Waals surface area contributed by atoms with Crippen molar-refractivity contribution in [3.8, 4) is 16.9 Å². The van der Waals surface area contributed by atoms with E-state index in [2.05, 4.69) is 10.5 Å². The molecule has 0 amide bonds. The summed E-state index contributed by atoms with van der Waals surface area (Å²) < 4.78 is 10.6. The normalized spacial score (nSPS) is 10.4. The van der Waals surface area contributed by atoms with Gasteiger partial charge in [-0.1, -0.05) is 5.16 Å². The van der Waals surface area contributed by atoms with Crippen LogP contribution in [0.1, 0.15) is 11.5 Å². The summed E-state index contributed by atoms with van der Waals surface area (Å²) in [6, 6.07) is 5.94. The highest BCUT2D eigenvalue weighted by molar-refractivity contribution is 5.77. The van der Waals surface area contributed by atoms with Crippen molar-refractivity contribution in [2.75, 3.05) is 19.5 Å². The summed E-state index contributed by atoms with van der Waals surface area (Å²) >= 11 is 0. The summed E-state index contributed by atoms with van der Waals surface area (Å²) in [7, 11) is 3.55. The van der Waals surface area contributed by atoms with Crippen LogP contribution in [0.25, 0.3) is 11.1 Å². The van der Waals surface area contributed by atoms with Crippen LogP contribution in [-0.2, 0) is 0 Å². The van der Waals surface area contributed by atoms with Crippen molar-refractivity contribution >= 4 is 5.69 Å². The van der Waals surface area contributed by atoms with Gasteiger partial charge in [0.2, 0.25) is 0 Å². The van der Waals surface area contributed by atoms with E-state index in [0.717, 1.165) is 34.0 Å². The van der Waals surface area contributed by atoms with E-state index in [1.165, 1.54) is 0 Å². The van der Waals surface area contributed by atoms with E-state index in [9.17, 15) is 0 Å². The van der Waals surface area contributed by atoms with Gasteiger partial charge in [-0.25, -0.2) is 0 Å². The highest BCUT2D eigenvalue weighted by atomic mass is 16.5. The SMILES string of the molecule is CNc1ccc(OC)c(-c2c(C)noc2C)c1. The average molecular weight is 232 g/mol. The Kier molecular flexibility index (Phi) is 3.04. The van der Waals surface area contributed by atoms with E-state index in [1.54, 1.807) is 7.11 Å². The van der Waals surface area contributed by atoms with Crippen LogP contribution in [0.15, 0.2) is 22.7 Å². The lowest BCUT2D eigenvalue weighted by Crippen LogP contribution is -1.93. The number of methoxy groups -OCH3 is 1. The van der Waals surface area contributed by atoms with Gasteiger partial charge in [-0.3, -0.25) is 0 Å². The Morgan fingerprint density at radius 3 is 2.59 bits per heavy atom. The largest absolute Gasteiger partial charge is 0.496 e. The van der Waals surface area contributed by atoms with Crippen LogP contribution in [0.4, 0.5) is 5.69 Å². The fourth-order valence-corrected chi connectivity index (χ4v) is 1.93. The first-order valence-electron chi connectivity index (χ1n) is 5.46. The lowest BCUT2D eigenvalue weighted by atomic mass is 10.0. The van der Waals surface area contributed by atoms with E-state index in [-0.39, 0.29) is 0 Å². The molecule has 4 heteroatoms. The molecule has 2 rings (SSSR count). The second-order valence-electron chi connectivity index (χ2n) is 3.86. The topological polar surface area (TPSA) is 47.3 Å². The smallest absolute Gasteiger partial charge is 0.141 e. The molecule has 1 aromatic heterocycles. The predicted molar refractivity (Wildman–Crippen MR) is 67.5 cm³/mol. The summed E-state index contributed by atoms with van der Waals surface area (Å²) in [5, 5.41) is 7.09. The Balaban J connectivity index is 2.64. The molecule has 0 atom stereocenters. The maximum absolute atomic E-state index is 5.38. The third-order valence-corrected chi connectivity index (χ3v) is 2.79. The van der Waals surface area contributed by atoms with Crippen molar-refractivity contribution in [1.82, 2.24) is 5.16 Å². The van der Waals surface area contributed by atoms with E-state index in [1.807, 2.05) is 39.1 Å². The maximum atomic E-state index is 5.38. The van der Waals surface area contributed by atoms with E-state index < -0.39 is 0 Å². The molecule has 0 aliphatic rings. The molecule has 0 fully saturated rings. The zero-order chi connectivity index (χ0) is 12.4. The second kappa shape index (κ2) is 4.49. The minimum Gasteiger partial charge on any atom is -0.496 e. The Bertz CT molecular complexity index is 513. The van der Waals surface area contributed by atoms with Gasteiger partial charge in [0.25, 0.3) is 0 Å². The van der Waals surface area contributed by atoms with E-state index in [0.29, 0.717) is 0 Å². The quantitative estimate of drug-likeness (QED) is 0.883. The Labute approximate surface area is 101 Å². The predicted octanol–water partition coefficient (Wildman–Crippen LogP) is 3.01. The van der Waals surface area contributed by atoms with Crippen LogP contribution in [0.2, 0.25) is 0 Å². The van der Waals surface area contributed by atoms with Crippen LogP contribution < -0.4 is 10.1 Å². The van der Waals surface area contributed by atoms with Crippen molar-refractivity contribution in [3.05, 3.63) is 29.7 Å². The number of nitrogens with one attached hydrogen (secondary N) is 1. The third-order valence-electron chi connectivity index (χ3n) is 2.79. The van der Waals surface area contributed by atoms with Crippen molar-refractivity contribution in [2.45, 2.75) is 13.8 Å². The van der Waals surface area contributed by atoms with Gasteiger partial charge in [0.05, 0.1) is 18.4 Å². The fraction of sp³-hybridized carbons (Fsp3) is 0.308. The van der Waals surface area contributed by atoms with Crippen molar-refractivity contribution in [2.24, 2.45) is 0 Å². The lowest BCUT2D eigenvalue weighted by Gasteiger charge is -2.10. The Hall–Kier alpha value is -1.97. The highest BCUT2D eigenvalue weighted by Crippen LogP contribution is 2.36. The molecular formula is C13H16N2O2. The van der Waals surface area contributed by atoms with Gasteiger partial charge in [0.15, 0.2) is 0 Å². The number of nitrogens with zero attached hydrogens (tertiary/aromatic N) is 1. The Morgan fingerprint density at radius 1 is 1.29 bits per heavy atom. The minimum absolute atomic E-state index is 0.800. The molecule has 17 heavy (non-hydrogen) atoms. The molecule has 0 saturated heterocycles. The molecule has 0 aliphatic carbocycles. The standard InChI is InChI=1S/C13H16N2O2/c1-8-13(9(2)17-15-8)11-7-10(14-3)5-6-12(11)16-4/h5-7,14H,1-4H3. The zero-order valence-electron chi connectivity index (χ0n) is 10.5. The summed E-state index contributed by atoms with van der Waals surface area (Å²) in [6.07, 6.45) is 0. The van der Waals surface area contributed by atoms with Gasteiger partial charge < -0.3 is 14.6 Å². The number of anilines is 1. The summed E-state index contributed by atoms with van der Waals surface area (Å²) in [5.41, 5.74) is 3.89. The van der Waals surface area contributed by atoms with Crippen LogP contribution in [0.3, 0.4) is 0 Å². The number of hydrogen-bond acceptors (Lipinski definition) is 4. The molecular weight excluding hydrogens is 216 g/mol. The van der Waals surface area contributed by atoms with Crippen LogP contribution in [-0.4, -0.2) is 19.3 Å². The molecule has 1 aromatic carbocycles. The van der Waals surface area contributed by atoms with Gasteiger partial charge >= 0.3 is 0 Å². The van der Waals surface area contributed by atoms with E-state index >= 15 is 0 Å². The maximum Gasteiger partial charge on any atom is 0.141 e. The Morgan fingerprint density at radius 2 is 2.06 bits per heavy atom. The van der Waals surface area contributed by atoms with Gasteiger partial charge in [-0.2, -0.15) is 0 Å². The summed E-state index contributed by atoms with van der Waals surface area (Å²) in [6.45, 7) is 3.83. The first kappa shape index (κ1) is 11.5. The number of ether oxygens (including phenoxy) is 1. The van der Waals surface area contributed by atoms with Crippen molar-refractivity contribution in [3.63, 3.8) is 0 Å². The minimum atomic E-state index is 0.800. The second-order valence-corrected chi connectivity index (χ2v) is 3.86. The molecule has 90 valence electrons. The first-order chi connectivity index (χ1) is 8.17. The third kappa shape index (κ3) is 1.98. The summed E-state index contributed by atoms with van der Waals surface area (Å²) in [5.74, 6) is 1.62. The number of aromatic nitrogens is 1. The zero-order valence-corrected chi connectivity index (χ0v) is 10.5. The molecule has 2 aromatic rings. The van der Waals surface area contributed by atoms with Gasteiger partial charge in [-0.15, -0.1) is 0 Å². The molecule has 1 heterocycles. The molecule has 1 N–H and O–H groups in total. The first-order valence-corrected chi connectivity index (χ1v) is 5.46. The fourth-order valence-electron chi connectivity index (χ4n) is 1.93. The summed E-state index contributed by atoms with van der Waals surface area (Å²) in [4.78, 5) is 0. The molecule has 0 bridgehead atoms. The lowest BCUT2D eigenvalue weighted by molar-refractivity contribution is 0.393. The molecule has 4 nitrogen and oxygen atoms in total. The van der Waals surface area contributed by atoms with Crippen LogP contribution >= 0.6 is 0 Å². The van der Waals surface area contributed by atoms with Gasteiger partial charge in [0, 0.05) is 18.3 Å². The molecule has 0 unspecified atom stereocenters. The van der Waals surface area contributed by atoms with Crippen LogP contribution in [0, 0.1) is 13.8 Å². The number of rotatable bonds is 3. The number of hydrogen-bond donors (Lipinski definition) is 1. The van der Waals surface area contributed by atoms with Crippen molar-refractivity contribution in [1.29, 1.82) is 0 Å². The molecule has 0 radical (unpaired) electrons. The van der Waals surface area contributed by atoms with E-state index in [4.69, 9.17) is 9.26 Å². The molecule has 0 aliphatic heterocycles. The van der Waals surface area contributed by atoms with Crippen molar-refractivity contribution < 1.29 is 9.26 Å². The van der Waals surface area contributed by atoms with Gasteiger partial charge in [0.1, 0.15) is 11.5 Å². The molecule has 0 saturated carbocycles. The highest BCUT2D eigenvalue weighted by Gasteiger charge is 2.16. The van der Waals surface area contributed by atoms with Gasteiger partial charge in [-0.05, 0) is 32.0 Å².